The number of aromatic nitrogens is 4. The van der Waals surface area contributed by atoms with Gasteiger partial charge in [0, 0.05) is 29.9 Å². The van der Waals surface area contributed by atoms with Crippen molar-refractivity contribution in [2.75, 3.05) is 11.9 Å². The van der Waals surface area contributed by atoms with E-state index in [1.165, 1.54) is 4.68 Å². The number of pyridine rings is 1. The molecule has 1 aromatic carbocycles. The fourth-order valence-electron chi connectivity index (χ4n) is 3.61. The highest BCUT2D eigenvalue weighted by Gasteiger charge is 2.38. The number of carboxylic acid groups (broad SMARTS) is 1. The van der Waals surface area contributed by atoms with Gasteiger partial charge in [-0.2, -0.15) is 17.9 Å². The van der Waals surface area contributed by atoms with Crippen molar-refractivity contribution >= 4 is 23.5 Å². The molecule has 198 valence electrons. The number of benzene rings is 1. The monoisotopic (exact) mass is 522 g/mol. The summed E-state index contributed by atoms with van der Waals surface area (Å²) in [6, 6.07) is 12.1. The van der Waals surface area contributed by atoms with E-state index in [1.54, 1.807) is 48.7 Å². The van der Waals surface area contributed by atoms with Crippen molar-refractivity contribution in [2.45, 2.75) is 38.0 Å². The minimum Gasteiger partial charge on any atom is -0.475 e. The zero-order valence-electron chi connectivity index (χ0n) is 19.4. The summed E-state index contributed by atoms with van der Waals surface area (Å²) in [5.41, 5.74) is 0.798. The number of nitrogens with one attached hydrogen (secondary N) is 3. The lowest BCUT2D eigenvalue weighted by atomic mass is 9.86. The molecule has 1 saturated carbocycles. The van der Waals surface area contributed by atoms with Gasteiger partial charge in [-0.15, -0.1) is 5.10 Å². The normalized spacial score (nSPS) is 17.3. The molecule has 1 amide bonds. The number of halogens is 3. The highest BCUT2D eigenvalue weighted by Crippen LogP contribution is 2.23. The topological polar surface area (TPSA) is 162 Å². The molecule has 0 radical (unpaired) electrons. The Kier molecular flexibility index (Phi) is 9.00. The van der Waals surface area contributed by atoms with E-state index < -0.39 is 17.8 Å². The van der Waals surface area contributed by atoms with Gasteiger partial charge < -0.3 is 20.8 Å². The number of carbonyl (C=O) groups excluding carboxylic acids is 1. The zero-order valence-corrected chi connectivity index (χ0v) is 19.4. The van der Waals surface area contributed by atoms with Crippen LogP contribution in [-0.4, -0.2) is 60.7 Å². The van der Waals surface area contributed by atoms with Crippen molar-refractivity contribution in [3.63, 3.8) is 0 Å². The van der Waals surface area contributed by atoms with E-state index in [0.29, 0.717) is 23.6 Å². The van der Waals surface area contributed by atoms with E-state index in [2.05, 4.69) is 25.7 Å². The minimum atomic E-state index is -5.08. The summed E-state index contributed by atoms with van der Waals surface area (Å²) in [4.78, 5) is 40.1. The van der Waals surface area contributed by atoms with Gasteiger partial charge in [0.15, 0.2) is 5.82 Å². The van der Waals surface area contributed by atoms with Gasteiger partial charge >= 0.3 is 17.8 Å². The Morgan fingerprint density at radius 3 is 2.38 bits per heavy atom. The Bertz CT molecular complexity index is 1240. The summed E-state index contributed by atoms with van der Waals surface area (Å²) in [5.74, 6) is -2.12. The van der Waals surface area contributed by atoms with Gasteiger partial charge in [-0.1, -0.05) is 18.9 Å². The standard InChI is InChI=1S/C21H24N6O3.C2HF3O2/c28-17-6-2-1-5-15(17)13-23-19(29)14-8-10-16(11-9-14)24-20-25-21(30)27(26-20)18-7-3-4-12-22-18;3-2(4,5)1(6)7/h3-4,7-12,15,17,28H,1-2,5-6,13H2,(H,23,29)(H2,24,25,26,30);(H,6,7)/t15-,17-;/m1./s1. The van der Waals surface area contributed by atoms with Crippen LogP contribution in [0.5, 0.6) is 0 Å². The Balaban J connectivity index is 0.000000479. The predicted octanol–water partition coefficient (Wildman–Crippen LogP) is 2.61. The Morgan fingerprint density at radius 2 is 1.78 bits per heavy atom. The first kappa shape index (κ1) is 27.4. The van der Waals surface area contributed by atoms with Crippen LogP contribution in [-0.2, 0) is 4.79 Å². The lowest BCUT2D eigenvalue weighted by Crippen LogP contribution is -2.36. The highest BCUT2D eigenvalue weighted by atomic mass is 19.4. The summed E-state index contributed by atoms with van der Waals surface area (Å²) < 4.78 is 32.9. The molecule has 0 unspecified atom stereocenters. The summed E-state index contributed by atoms with van der Waals surface area (Å²) in [5, 5.41) is 27.3. The fraction of sp³-hybridized carbons (Fsp3) is 0.348. The maximum Gasteiger partial charge on any atom is 0.490 e. The third kappa shape index (κ3) is 7.90. The summed E-state index contributed by atoms with van der Waals surface area (Å²) in [6.45, 7) is 0.478. The third-order valence-corrected chi connectivity index (χ3v) is 5.53. The smallest absolute Gasteiger partial charge is 0.475 e. The van der Waals surface area contributed by atoms with Gasteiger partial charge in [0.05, 0.1) is 6.10 Å². The molecule has 11 nitrogen and oxygen atoms in total. The van der Waals surface area contributed by atoms with E-state index in [0.717, 1.165) is 25.7 Å². The van der Waals surface area contributed by atoms with Crippen molar-refractivity contribution in [2.24, 2.45) is 5.92 Å². The maximum absolute atomic E-state index is 12.4. The third-order valence-electron chi connectivity index (χ3n) is 5.53. The zero-order chi connectivity index (χ0) is 27.0. The second kappa shape index (κ2) is 12.2. The van der Waals surface area contributed by atoms with Crippen LogP contribution in [0, 0.1) is 5.92 Å². The Morgan fingerprint density at radius 1 is 1.11 bits per heavy atom. The molecule has 1 fully saturated rings. The molecular weight excluding hydrogens is 497 g/mol. The van der Waals surface area contributed by atoms with E-state index in [9.17, 15) is 27.9 Å². The number of aliphatic carboxylic acids is 1. The van der Waals surface area contributed by atoms with Crippen LogP contribution in [0.4, 0.5) is 24.8 Å². The summed E-state index contributed by atoms with van der Waals surface area (Å²) in [6.07, 6.45) is 0.0510. The number of aromatic amines is 1. The molecule has 1 aliphatic carbocycles. The SMILES string of the molecule is O=C(NC[C@H]1CCCC[C@H]1O)c1ccc(Nc2nn(-c3ccccn3)c(=O)[nH]2)cc1.O=C(O)C(F)(F)F. The van der Waals surface area contributed by atoms with Crippen molar-refractivity contribution in [3.05, 3.63) is 64.7 Å². The number of carbonyl (C=O) groups is 2. The van der Waals surface area contributed by atoms with Crippen LogP contribution in [0.3, 0.4) is 0 Å². The molecule has 0 bridgehead atoms. The average molecular weight is 522 g/mol. The summed E-state index contributed by atoms with van der Waals surface area (Å²) in [7, 11) is 0. The van der Waals surface area contributed by atoms with Crippen LogP contribution in [0.1, 0.15) is 36.0 Å². The van der Waals surface area contributed by atoms with Gasteiger partial charge in [-0.05, 0) is 49.2 Å². The molecule has 2 aromatic heterocycles. The van der Waals surface area contributed by atoms with E-state index >= 15 is 0 Å². The fourth-order valence-corrected chi connectivity index (χ4v) is 3.61. The minimum absolute atomic E-state index is 0.120. The second-order valence-corrected chi connectivity index (χ2v) is 8.21. The first-order valence-electron chi connectivity index (χ1n) is 11.3. The quantitative estimate of drug-likeness (QED) is 0.330. The molecule has 3 aromatic rings. The molecule has 1 aliphatic rings. The first-order valence-corrected chi connectivity index (χ1v) is 11.3. The van der Waals surface area contributed by atoms with Crippen molar-refractivity contribution in [1.82, 2.24) is 25.1 Å². The first-order chi connectivity index (χ1) is 17.5. The van der Waals surface area contributed by atoms with Crippen LogP contribution < -0.4 is 16.3 Å². The molecule has 2 heterocycles. The Labute approximate surface area is 208 Å². The molecule has 4 rings (SSSR count). The number of carboxylic acids is 1. The maximum atomic E-state index is 12.4. The predicted molar refractivity (Wildman–Crippen MR) is 126 cm³/mol. The lowest BCUT2D eigenvalue weighted by molar-refractivity contribution is -0.192. The molecule has 0 saturated heterocycles. The van der Waals surface area contributed by atoms with Crippen LogP contribution >= 0.6 is 0 Å². The second-order valence-electron chi connectivity index (χ2n) is 8.21. The van der Waals surface area contributed by atoms with E-state index in [-0.39, 0.29) is 23.9 Å². The van der Waals surface area contributed by atoms with E-state index in [4.69, 9.17) is 9.90 Å². The number of H-pyrrole nitrogens is 1. The number of aliphatic hydroxyl groups excluding tert-OH is 1. The van der Waals surface area contributed by atoms with Crippen LogP contribution in [0.25, 0.3) is 5.82 Å². The van der Waals surface area contributed by atoms with Gasteiger partial charge in [0.1, 0.15) is 0 Å². The molecule has 0 aliphatic heterocycles. The van der Waals surface area contributed by atoms with Crippen molar-refractivity contribution < 1.29 is 33.0 Å². The molecule has 14 heteroatoms. The van der Waals surface area contributed by atoms with Crippen molar-refractivity contribution in [3.8, 4) is 5.82 Å². The largest absolute Gasteiger partial charge is 0.490 e. The number of hydrogen-bond acceptors (Lipinski definition) is 7. The molecule has 2 atom stereocenters. The van der Waals surface area contributed by atoms with Gasteiger partial charge in [-0.25, -0.2) is 14.6 Å². The molecule has 37 heavy (non-hydrogen) atoms. The van der Waals surface area contributed by atoms with Crippen molar-refractivity contribution in [1.29, 1.82) is 0 Å². The van der Waals surface area contributed by atoms with Gasteiger partial charge in [0.2, 0.25) is 5.95 Å². The molecule has 5 N–H and O–H groups in total. The number of anilines is 2. The number of alkyl halides is 3. The average Bonchev–Trinajstić information content (AvgIpc) is 3.24. The van der Waals surface area contributed by atoms with E-state index in [1.807, 2.05) is 0 Å². The number of aliphatic hydroxyl groups is 1. The van der Waals surface area contributed by atoms with Crippen LogP contribution in [0.2, 0.25) is 0 Å². The highest BCUT2D eigenvalue weighted by molar-refractivity contribution is 5.94. The summed E-state index contributed by atoms with van der Waals surface area (Å²) >= 11 is 0. The van der Waals surface area contributed by atoms with Crippen LogP contribution in [0.15, 0.2) is 53.5 Å². The lowest BCUT2D eigenvalue weighted by Gasteiger charge is -2.27. The Hall–Kier alpha value is -4.20. The number of hydrogen-bond donors (Lipinski definition) is 5. The number of rotatable bonds is 6. The van der Waals surface area contributed by atoms with Gasteiger partial charge in [-0.3, -0.25) is 9.78 Å². The molecule has 0 spiro atoms. The number of nitrogens with zero attached hydrogens (tertiary/aromatic N) is 3. The molecular formula is C23H25F3N6O5. The van der Waals surface area contributed by atoms with Gasteiger partial charge in [0.25, 0.3) is 5.91 Å². The number of amides is 1.